The predicted molar refractivity (Wildman–Crippen MR) is 141 cm³/mol. The van der Waals surface area contributed by atoms with E-state index in [0.717, 1.165) is 27.6 Å². The number of esters is 1. The highest BCUT2D eigenvalue weighted by Crippen LogP contribution is 2.21. The number of nitrogens with one attached hydrogen (secondary N) is 3. The molecule has 1 heterocycles. The monoisotopic (exact) mass is 519 g/mol. The number of halogens is 1. The molecule has 37 heavy (non-hydrogen) atoms. The van der Waals surface area contributed by atoms with E-state index in [9.17, 15) is 14.4 Å². The second-order valence-corrected chi connectivity index (χ2v) is 8.85. The molecule has 0 radical (unpaired) electrons. The topological polar surface area (TPSA) is 110 Å². The van der Waals surface area contributed by atoms with Crippen LogP contribution in [0.15, 0.2) is 79.0 Å². The highest BCUT2D eigenvalue weighted by molar-refractivity contribution is 6.31. The summed E-state index contributed by atoms with van der Waals surface area (Å²) in [5.74, 6) is -1.30. The van der Waals surface area contributed by atoms with Crippen LogP contribution in [0.2, 0.25) is 5.02 Å². The highest BCUT2D eigenvalue weighted by Gasteiger charge is 2.25. The average Bonchev–Trinajstić information content (AvgIpc) is 3.31. The fourth-order valence-corrected chi connectivity index (χ4v) is 3.91. The summed E-state index contributed by atoms with van der Waals surface area (Å²) in [6, 6.07) is 20.8. The molecule has 3 aromatic carbocycles. The summed E-state index contributed by atoms with van der Waals surface area (Å²) in [7, 11) is 0. The maximum absolute atomic E-state index is 13.0. The van der Waals surface area contributed by atoms with Gasteiger partial charge in [0.1, 0.15) is 12.6 Å². The van der Waals surface area contributed by atoms with E-state index in [2.05, 4.69) is 15.6 Å². The molecule has 0 aliphatic carbocycles. The van der Waals surface area contributed by atoms with Gasteiger partial charge in [-0.15, -0.1) is 0 Å². The number of anilines is 1. The van der Waals surface area contributed by atoms with Crippen LogP contribution in [0.4, 0.5) is 10.5 Å². The fraction of sp³-hybridized carbons (Fsp3) is 0.179. The van der Waals surface area contributed by atoms with Crippen LogP contribution in [0, 0.1) is 6.92 Å². The Labute approximate surface area is 218 Å². The van der Waals surface area contributed by atoms with Crippen molar-refractivity contribution < 1.29 is 23.9 Å². The number of carbonyl (C=O) groups is 3. The zero-order valence-electron chi connectivity index (χ0n) is 20.1. The number of aryl methyl sites for hydroxylation is 1. The van der Waals surface area contributed by atoms with Gasteiger partial charge in [-0.2, -0.15) is 0 Å². The maximum atomic E-state index is 13.0. The molecular weight excluding hydrogens is 494 g/mol. The SMILES string of the molecule is Cc1ccc(NC(=O)COC(=O)C(Cc2c[nH]c3ccccc23)NC(=O)OCc2ccccc2)cc1Cl. The van der Waals surface area contributed by atoms with Gasteiger partial charge in [-0.05, 0) is 41.8 Å². The quantitative estimate of drug-likeness (QED) is 0.265. The molecule has 1 unspecified atom stereocenters. The molecule has 4 rings (SSSR count). The van der Waals surface area contributed by atoms with Crippen molar-refractivity contribution >= 4 is 46.2 Å². The number of aromatic nitrogens is 1. The first-order valence-electron chi connectivity index (χ1n) is 11.6. The standard InChI is InChI=1S/C28H26ClN3O5/c1-18-11-12-21(14-23(18)29)31-26(33)17-36-27(34)25(13-20-15-30-24-10-6-5-9-22(20)24)32-28(35)37-16-19-7-3-2-4-8-19/h2-12,14-15,25,30H,13,16-17H2,1H3,(H,31,33)(H,32,35). The minimum absolute atomic E-state index is 0.0447. The summed E-state index contributed by atoms with van der Waals surface area (Å²) < 4.78 is 10.5. The third kappa shape index (κ3) is 7.11. The van der Waals surface area contributed by atoms with Crippen molar-refractivity contribution in [3.05, 3.63) is 101 Å². The summed E-state index contributed by atoms with van der Waals surface area (Å²) in [4.78, 5) is 41.0. The molecule has 0 spiro atoms. The van der Waals surface area contributed by atoms with Crippen molar-refractivity contribution in [2.75, 3.05) is 11.9 Å². The van der Waals surface area contributed by atoms with Gasteiger partial charge in [0, 0.05) is 34.2 Å². The zero-order valence-corrected chi connectivity index (χ0v) is 20.9. The van der Waals surface area contributed by atoms with E-state index in [1.54, 1.807) is 24.4 Å². The lowest BCUT2D eigenvalue weighted by atomic mass is 10.1. The third-order valence-electron chi connectivity index (χ3n) is 5.69. The van der Waals surface area contributed by atoms with Gasteiger partial charge in [0.15, 0.2) is 6.61 Å². The van der Waals surface area contributed by atoms with E-state index >= 15 is 0 Å². The van der Waals surface area contributed by atoms with Gasteiger partial charge in [-0.25, -0.2) is 9.59 Å². The Morgan fingerprint density at radius 3 is 2.51 bits per heavy atom. The summed E-state index contributed by atoms with van der Waals surface area (Å²) in [6.07, 6.45) is 1.14. The second-order valence-electron chi connectivity index (χ2n) is 8.44. The van der Waals surface area contributed by atoms with E-state index < -0.39 is 30.6 Å². The minimum atomic E-state index is -1.08. The van der Waals surface area contributed by atoms with Gasteiger partial charge in [-0.1, -0.05) is 66.2 Å². The molecule has 0 saturated heterocycles. The van der Waals surface area contributed by atoms with Crippen LogP contribution in [-0.4, -0.2) is 35.6 Å². The number of para-hydroxylation sites is 1. The first-order valence-corrected chi connectivity index (χ1v) is 12.0. The molecule has 0 aliphatic rings. The Bertz CT molecular complexity index is 1400. The number of fused-ring (bicyclic) bond motifs is 1. The van der Waals surface area contributed by atoms with Crippen LogP contribution in [-0.2, 0) is 32.1 Å². The number of alkyl carbamates (subject to hydrolysis) is 1. The molecule has 4 aromatic rings. The van der Waals surface area contributed by atoms with E-state index in [1.807, 2.05) is 61.5 Å². The molecular formula is C28H26ClN3O5. The molecule has 0 aliphatic heterocycles. The molecule has 2 amide bonds. The molecule has 1 atom stereocenters. The summed E-state index contributed by atoms with van der Waals surface area (Å²) in [5.41, 5.74) is 3.86. The largest absolute Gasteiger partial charge is 0.454 e. The number of aromatic amines is 1. The van der Waals surface area contributed by atoms with Gasteiger partial charge >= 0.3 is 12.1 Å². The van der Waals surface area contributed by atoms with Gasteiger partial charge in [0.05, 0.1) is 0 Å². The third-order valence-corrected chi connectivity index (χ3v) is 6.10. The molecule has 0 bridgehead atoms. The molecule has 9 heteroatoms. The van der Waals surface area contributed by atoms with Gasteiger partial charge in [0.2, 0.25) is 0 Å². The van der Waals surface area contributed by atoms with E-state index in [-0.39, 0.29) is 13.0 Å². The molecule has 190 valence electrons. The van der Waals surface area contributed by atoms with Gasteiger partial charge in [-0.3, -0.25) is 4.79 Å². The Kier molecular flexibility index (Phi) is 8.43. The van der Waals surface area contributed by atoms with Crippen molar-refractivity contribution in [3.63, 3.8) is 0 Å². The second kappa shape index (κ2) is 12.1. The Balaban J connectivity index is 1.40. The Morgan fingerprint density at radius 2 is 1.73 bits per heavy atom. The van der Waals surface area contributed by atoms with Gasteiger partial charge < -0.3 is 25.1 Å². The molecule has 3 N–H and O–H groups in total. The lowest BCUT2D eigenvalue weighted by Crippen LogP contribution is -2.44. The number of benzene rings is 3. The highest BCUT2D eigenvalue weighted by atomic mass is 35.5. The first-order chi connectivity index (χ1) is 17.9. The number of hydrogen-bond donors (Lipinski definition) is 3. The van der Waals surface area contributed by atoms with Crippen molar-refractivity contribution in [2.45, 2.75) is 26.0 Å². The lowest BCUT2D eigenvalue weighted by Gasteiger charge is -2.17. The van der Waals surface area contributed by atoms with Gasteiger partial charge in [0.25, 0.3) is 5.91 Å². The van der Waals surface area contributed by atoms with Crippen LogP contribution in [0.3, 0.4) is 0 Å². The van der Waals surface area contributed by atoms with Crippen LogP contribution >= 0.6 is 11.6 Å². The van der Waals surface area contributed by atoms with Crippen molar-refractivity contribution in [1.82, 2.24) is 10.3 Å². The fourth-order valence-electron chi connectivity index (χ4n) is 3.73. The summed E-state index contributed by atoms with van der Waals surface area (Å²) in [6.45, 7) is 1.36. The summed E-state index contributed by atoms with van der Waals surface area (Å²) >= 11 is 6.10. The van der Waals surface area contributed by atoms with Crippen molar-refractivity contribution in [2.24, 2.45) is 0 Å². The van der Waals surface area contributed by atoms with E-state index in [4.69, 9.17) is 21.1 Å². The van der Waals surface area contributed by atoms with Crippen LogP contribution in [0.25, 0.3) is 10.9 Å². The van der Waals surface area contributed by atoms with E-state index in [0.29, 0.717) is 10.7 Å². The average molecular weight is 520 g/mol. The number of carbonyl (C=O) groups excluding carboxylic acids is 3. The smallest absolute Gasteiger partial charge is 0.408 e. The van der Waals surface area contributed by atoms with E-state index in [1.165, 1.54) is 0 Å². The van der Waals surface area contributed by atoms with Crippen molar-refractivity contribution in [3.8, 4) is 0 Å². The normalized spacial score (nSPS) is 11.5. The number of hydrogen-bond acceptors (Lipinski definition) is 5. The number of amides is 2. The molecule has 8 nitrogen and oxygen atoms in total. The maximum Gasteiger partial charge on any atom is 0.408 e. The van der Waals surface area contributed by atoms with Crippen LogP contribution < -0.4 is 10.6 Å². The lowest BCUT2D eigenvalue weighted by molar-refractivity contribution is -0.149. The Morgan fingerprint density at radius 1 is 0.973 bits per heavy atom. The Hall–Kier alpha value is -4.30. The number of rotatable bonds is 9. The van der Waals surface area contributed by atoms with Crippen LogP contribution in [0.1, 0.15) is 16.7 Å². The van der Waals surface area contributed by atoms with Crippen molar-refractivity contribution in [1.29, 1.82) is 0 Å². The minimum Gasteiger partial charge on any atom is -0.454 e. The number of H-pyrrole nitrogens is 1. The molecule has 0 fully saturated rings. The van der Waals surface area contributed by atoms with Crippen LogP contribution in [0.5, 0.6) is 0 Å². The zero-order chi connectivity index (χ0) is 26.2. The summed E-state index contributed by atoms with van der Waals surface area (Å²) in [5, 5.41) is 6.63. The number of ether oxygens (including phenoxy) is 2. The predicted octanol–water partition coefficient (Wildman–Crippen LogP) is 5.15. The first kappa shape index (κ1) is 25.8. The molecule has 1 aromatic heterocycles. The molecule has 0 saturated carbocycles.